The molecule has 0 aliphatic heterocycles. The standard InChI is InChI=1S/C32H36O5/c1-4-6-23-8-11-25-12-13-26-19-22(3)7-16-28(26)31(29(25)20-23)37-18-17-36-27-14-9-24(10-15-27)21-30(32(33)34)35-5-2/h7-16,19-20,30-31H,4-6,17-18,21H2,1-3H3,(H,33,34). The number of hydrogen-bond acceptors (Lipinski definition) is 4. The smallest absolute Gasteiger partial charge is 0.333 e. The maximum absolute atomic E-state index is 11.3. The summed E-state index contributed by atoms with van der Waals surface area (Å²) in [5.41, 5.74) is 8.16. The van der Waals surface area contributed by atoms with Gasteiger partial charge in [0.25, 0.3) is 0 Å². The topological polar surface area (TPSA) is 65.0 Å². The zero-order valence-corrected chi connectivity index (χ0v) is 21.9. The Morgan fingerprint density at radius 1 is 0.892 bits per heavy atom. The maximum Gasteiger partial charge on any atom is 0.333 e. The highest BCUT2D eigenvalue weighted by Crippen LogP contribution is 2.36. The lowest BCUT2D eigenvalue weighted by molar-refractivity contribution is -0.149. The lowest BCUT2D eigenvalue weighted by atomic mass is 9.93. The minimum Gasteiger partial charge on any atom is -0.491 e. The van der Waals surface area contributed by atoms with Crippen LogP contribution in [-0.2, 0) is 27.1 Å². The molecule has 0 radical (unpaired) electrons. The maximum atomic E-state index is 11.3. The number of carboxylic acid groups (broad SMARTS) is 1. The molecule has 1 aliphatic carbocycles. The highest BCUT2D eigenvalue weighted by Gasteiger charge is 2.23. The molecule has 0 aromatic heterocycles. The van der Waals surface area contributed by atoms with E-state index in [4.69, 9.17) is 14.2 Å². The third-order valence-corrected chi connectivity index (χ3v) is 6.56. The molecule has 4 rings (SSSR count). The van der Waals surface area contributed by atoms with Crippen LogP contribution in [0.15, 0.2) is 60.7 Å². The predicted octanol–water partition coefficient (Wildman–Crippen LogP) is 6.65. The zero-order valence-electron chi connectivity index (χ0n) is 21.9. The van der Waals surface area contributed by atoms with Crippen molar-refractivity contribution in [1.29, 1.82) is 0 Å². The van der Waals surface area contributed by atoms with Gasteiger partial charge in [-0.3, -0.25) is 0 Å². The minimum atomic E-state index is -0.951. The van der Waals surface area contributed by atoms with Crippen LogP contribution in [0, 0.1) is 6.92 Å². The fourth-order valence-electron chi connectivity index (χ4n) is 4.73. The summed E-state index contributed by atoms with van der Waals surface area (Å²) in [4.78, 5) is 11.3. The number of aliphatic carboxylic acids is 1. The SMILES string of the molecule is CCCc1ccc2c(c1)C(OCCOc1ccc(CC(OCC)C(=O)O)cc1)c1ccc(C)cc1C=C2. The number of ether oxygens (including phenoxy) is 3. The Hall–Kier alpha value is -3.41. The average Bonchev–Trinajstić information content (AvgIpc) is 3.03. The molecule has 194 valence electrons. The van der Waals surface area contributed by atoms with Crippen molar-refractivity contribution in [2.24, 2.45) is 0 Å². The van der Waals surface area contributed by atoms with E-state index in [2.05, 4.69) is 62.4 Å². The monoisotopic (exact) mass is 500 g/mol. The Kier molecular flexibility index (Phi) is 9.15. The quantitative estimate of drug-likeness (QED) is 0.282. The van der Waals surface area contributed by atoms with Crippen LogP contribution in [0.2, 0.25) is 0 Å². The fourth-order valence-corrected chi connectivity index (χ4v) is 4.73. The van der Waals surface area contributed by atoms with Crippen LogP contribution < -0.4 is 4.74 Å². The van der Waals surface area contributed by atoms with Crippen LogP contribution in [0.3, 0.4) is 0 Å². The third-order valence-electron chi connectivity index (χ3n) is 6.56. The van der Waals surface area contributed by atoms with Gasteiger partial charge in [0.15, 0.2) is 6.10 Å². The van der Waals surface area contributed by atoms with Crippen molar-refractivity contribution >= 4 is 18.1 Å². The summed E-state index contributed by atoms with van der Waals surface area (Å²) in [5.74, 6) is -0.229. The molecule has 0 bridgehead atoms. The summed E-state index contributed by atoms with van der Waals surface area (Å²) in [6.45, 7) is 7.31. The summed E-state index contributed by atoms with van der Waals surface area (Å²) in [6, 6.07) is 20.7. The normalized spacial score (nSPS) is 14.9. The summed E-state index contributed by atoms with van der Waals surface area (Å²) < 4.78 is 17.8. The number of fused-ring (bicyclic) bond motifs is 2. The first kappa shape index (κ1) is 26.6. The fraction of sp³-hybridized carbons (Fsp3) is 0.344. The molecule has 3 aromatic rings. The molecule has 2 unspecified atom stereocenters. The first-order valence-corrected chi connectivity index (χ1v) is 13.1. The molecule has 0 spiro atoms. The van der Waals surface area contributed by atoms with E-state index in [0.29, 0.717) is 26.2 Å². The van der Waals surface area contributed by atoms with Crippen molar-refractivity contribution in [1.82, 2.24) is 0 Å². The molecule has 0 saturated heterocycles. The Morgan fingerprint density at radius 3 is 2.38 bits per heavy atom. The van der Waals surface area contributed by atoms with Crippen LogP contribution >= 0.6 is 0 Å². The average molecular weight is 501 g/mol. The van der Waals surface area contributed by atoms with Crippen LogP contribution in [-0.4, -0.2) is 37.0 Å². The van der Waals surface area contributed by atoms with Crippen LogP contribution in [0.1, 0.15) is 65.3 Å². The van der Waals surface area contributed by atoms with E-state index in [1.807, 2.05) is 24.3 Å². The Balaban J connectivity index is 1.43. The van der Waals surface area contributed by atoms with Gasteiger partial charge in [-0.2, -0.15) is 0 Å². The third kappa shape index (κ3) is 6.88. The van der Waals surface area contributed by atoms with Gasteiger partial charge < -0.3 is 19.3 Å². The molecular formula is C32H36O5. The second kappa shape index (κ2) is 12.7. The molecule has 5 nitrogen and oxygen atoms in total. The number of rotatable bonds is 12. The molecule has 0 saturated carbocycles. The number of benzene rings is 3. The van der Waals surface area contributed by atoms with E-state index in [1.165, 1.54) is 33.4 Å². The van der Waals surface area contributed by atoms with Gasteiger partial charge in [-0.1, -0.05) is 79.6 Å². The first-order valence-electron chi connectivity index (χ1n) is 13.1. The van der Waals surface area contributed by atoms with Gasteiger partial charge in [-0.05, 0) is 65.8 Å². The molecule has 0 amide bonds. The molecule has 5 heteroatoms. The van der Waals surface area contributed by atoms with Crippen molar-refractivity contribution < 1.29 is 24.1 Å². The number of aryl methyl sites for hydroxylation is 2. The van der Waals surface area contributed by atoms with Crippen LogP contribution in [0.4, 0.5) is 0 Å². The van der Waals surface area contributed by atoms with Gasteiger partial charge in [-0.25, -0.2) is 4.79 Å². The van der Waals surface area contributed by atoms with Crippen molar-refractivity contribution in [3.05, 3.63) is 99.6 Å². The summed E-state index contributed by atoms with van der Waals surface area (Å²) in [6.07, 6.45) is 5.82. The molecule has 0 heterocycles. The van der Waals surface area contributed by atoms with Crippen LogP contribution in [0.25, 0.3) is 12.2 Å². The summed E-state index contributed by atoms with van der Waals surface area (Å²) in [7, 11) is 0. The second-order valence-corrected chi connectivity index (χ2v) is 9.41. The highest BCUT2D eigenvalue weighted by atomic mass is 16.5. The van der Waals surface area contributed by atoms with Crippen molar-refractivity contribution in [2.45, 2.75) is 52.2 Å². The van der Waals surface area contributed by atoms with Gasteiger partial charge >= 0.3 is 5.97 Å². The van der Waals surface area contributed by atoms with Gasteiger partial charge in [0.1, 0.15) is 18.5 Å². The number of carboxylic acids is 1. The second-order valence-electron chi connectivity index (χ2n) is 9.41. The van der Waals surface area contributed by atoms with Gasteiger partial charge in [0.05, 0.1) is 6.61 Å². The Morgan fingerprint density at radius 2 is 1.65 bits per heavy atom. The van der Waals surface area contributed by atoms with E-state index < -0.39 is 12.1 Å². The number of hydrogen-bond donors (Lipinski definition) is 1. The van der Waals surface area contributed by atoms with Gasteiger partial charge in [0.2, 0.25) is 0 Å². The Labute approximate surface area is 219 Å². The number of carbonyl (C=O) groups is 1. The molecular weight excluding hydrogens is 464 g/mol. The largest absolute Gasteiger partial charge is 0.491 e. The van der Waals surface area contributed by atoms with Gasteiger partial charge in [-0.15, -0.1) is 0 Å². The van der Waals surface area contributed by atoms with Crippen molar-refractivity contribution in [2.75, 3.05) is 19.8 Å². The first-order chi connectivity index (χ1) is 18.0. The highest BCUT2D eigenvalue weighted by molar-refractivity contribution is 5.76. The van der Waals surface area contributed by atoms with Gasteiger partial charge in [0, 0.05) is 13.0 Å². The summed E-state index contributed by atoms with van der Waals surface area (Å²) in [5, 5.41) is 9.30. The summed E-state index contributed by atoms with van der Waals surface area (Å²) >= 11 is 0. The lowest BCUT2D eigenvalue weighted by Gasteiger charge is -2.22. The molecule has 0 fully saturated rings. The van der Waals surface area contributed by atoms with Crippen molar-refractivity contribution in [3.63, 3.8) is 0 Å². The zero-order chi connectivity index (χ0) is 26.2. The van der Waals surface area contributed by atoms with Crippen LogP contribution in [0.5, 0.6) is 5.75 Å². The lowest BCUT2D eigenvalue weighted by Crippen LogP contribution is -2.26. The van der Waals surface area contributed by atoms with E-state index in [1.54, 1.807) is 6.92 Å². The predicted molar refractivity (Wildman–Crippen MR) is 147 cm³/mol. The van der Waals surface area contributed by atoms with E-state index in [0.717, 1.165) is 24.2 Å². The van der Waals surface area contributed by atoms with Crippen molar-refractivity contribution in [3.8, 4) is 5.75 Å². The molecule has 37 heavy (non-hydrogen) atoms. The molecule has 1 N–H and O–H groups in total. The van der Waals surface area contributed by atoms with E-state index in [9.17, 15) is 9.90 Å². The molecule has 1 aliphatic rings. The minimum absolute atomic E-state index is 0.171. The van der Waals surface area contributed by atoms with E-state index in [-0.39, 0.29) is 6.10 Å². The molecule has 3 aromatic carbocycles. The van der Waals surface area contributed by atoms with E-state index >= 15 is 0 Å². The Bertz CT molecular complexity index is 1230. The molecule has 2 atom stereocenters.